The Hall–Kier alpha value is -0.240. The lowest BCUT2D eigenvalue weighted by molar-refractivity contribution is -0.294. The highest BCUT2D eigenvalue weighted by molar-refractivity contribution is 4.88. The SMILES string of the molecule is CO[C@H]1OC(CO)[C@@H](O)[C@H](O)[C@H]1O. The lowest BCUT2D eigenvalue weighted by atomic mass is 9.99. The van der Waals surface area contributed by atoms with Crippen molar-refractivity contribution in [1.29, 1.82) is 0 Å². The number of hydrogen-bond acceptors (Lipinski definition) is 6. The molecule has 1 unspecified atom stereocenters. The molecule has 1 fully saturated rings. The average Bonchev–Trinajstić information content (AvgIpc) is 2.15. The molecule has 0 aliphatic carbocycles. The maximum atomic E-state index is 9.28. The van der Waals surface area contributed by atoms with Crippen molar-refractivity contribution in [2.75, 3.05) is 13.7 Å². The van der Waals surface area contributed by atoms with Crippen LogP contribution in [-0.2, 0) is 9.47 Å². The third-order valence-corrected chi connectivity index (χ3v) is 2.08. The van der Waals surface area contributed by atoms with Crippen LogP contribution < -0.4 is 0 Å². The van der Waals surface area contributed by atoms with Crippen LogP contribution in [0.1, 0.15) is 0 Å². The highest BCUT2D eigenvalue weighted by Gasteiger charge is 2.43. The summed E-state index contributed by atoms with van der Waals surface area (Å²) in [5, 5.41) is 36.6. The van der Waals surface area contributed by atoms with Crippen LogP contribution in [0.15, 0.2) is 0 Å². The van der Waals surface area contributed by atoms with Gasteiger partial charge in [0.25, 0.3) is 0 Å². The molecule has 5 atom stereocenters. The number of hydrogen-bond donors (Lipinski definition) is 4. The van der Waals surface area contributed by atoms with Gasteiger partial charge in [-0.2, -0.15) is 0 Å². The molecule has 13 heavy (non-hydrogen) atoms. The van der Waals surface area contributed by atoms with E-state index in [9.17, 15) is 15.3 Å². The van der Waals surface area contributed by atoms with Gasteiger partial charge in [0.15, 0.2) is 6.29 Å². The first-order chi connectivity index (χ1) is 6.11. The average molecular weight is 194 g/mol. The molecule has 0 spiro atoms. The van der Waals surface area contributed by atoms with Crippen molar-refractivity contribution in [2.45, 2.75) is 30.7 Å². The van der Waals surface area contributed by atoms with Crippen molar-refractivity contribution < 1.29 is 29.9 Å². The Morgan fingerprint density at radius 3 is 2.23 bits per heavy atom. The largest absolute Gasteiger partial charge is 0.394 e. The topological polar surface area (TPSA) is 99.4 Å². The van der Waals surface area contributed by atoms with E-state index in [1.807, 2.05) is 0 Å². The van der Waals surface area contributed by atoms with E-state index in [4.69, 9.17) is 14.6 Å². The second-order valence-corrected chi connectivity index (χ2v) is 2.93. The van der Waals surface area contributed by atoms with E-state index in [2.05, 4.69) is 0 Å². The summed E-state index contributed by atoms with van der Waals surface area (Å²) >= 11 is 0. The first-order valence-electron chi connectivity index (χ1n) is 3.95. The summed E-state index contributed by atoms with van der Waals surface area (Å²) in [5.41, 5.74) is 0. The molecule has 0 aromatic carbocycles. The van der Waals surface area contributed by atoms with Crippen LogP contribution in [0.3, 0.4) is 0 Å². The fraction of sp³-hybridized carbons (Fsp3) is 1.00. The van der Waals surface area contributed by atoms with Crippen LogP contribution in [0.4, 0.5) is 0 Å². The van der Waals surface area contributed by atoms with E-state index >= 15 is 0 Å². The summed E-state index contributed by atoms with van der Waals surface area (Å²) in [7, 11) is 1.30. The number of rotatable bonds is 2. The van der Waals surface area contributed by atoms with Gasteiger partial charge in [0.2, 0.25) is 0 Å². The summed E-state index contributed by atoms with van der Waals surface area (Å²) in [6.45, 7) is -0.440. The van der Waals surface area contributed by atoms with Crippen LogP contribution in [-0.4, -0.2) is 64.8 Å². The van der Waals surface area contributed by atoms with E-state index in [-0.39, 0.29) is 0 Å². The first-order valence-corrected chi connectivity index (χ1v) is 3.95. The molecule has 1 aliphatic rings. The summed E-state index contributed by atoms with van der Waals surface area (Å²) in [5.74, 6) is 0. The summed E-state index contributed by atoms with van der Waals surface area (Å²) < 4.78 is 9.65. The Bertz CT molecular complexity index is 143. The molecular formula is C7H14O6. The Morgan fingerprint density at radius 2 is 1.77 bits per heavy atom. The van der Waals surface area contributed by atoms with Crippen molar-refractivity contribution >= 4 is 0 Å². The van der Waals surface area contributed by atoms with Crippen LogP contribution in [0.2, 0.25) is 0 Å². The van der Waals surface area contributed by atoms with Gasteiger partial charge in [-0.3, -0.25) is 0 Å². The van der Waals surface area contributed by atoms with E-state index in [0.29, 0.717) is 0 Å². The van der Waals surface area contributed by atoms with Gasteiger partial charge >= 0.3 is 0 Å². The maximum Gasteiger partial charge on any atom is 0.186 e. The second kappa shape index (κ2) is 4.32. The van der Waals surface area contributed by atoms with Crippen molar-refractivity contribution in [2.24, 2.45) is 0 Å². The lowest BCUT2D eigenvalue weighted by Gasteiger charge is -2.38. The molecule has 6 heteroatoms. The van der Waals surface area contributed by atoms with Gasteiger partial charge < -0.3 is 29.9 Å². The highest BCUT2D eigenvalue weighted by Crippen LogP contribution is 2.20. The summed E-state index contributed by atoms with van der Waals surface area (Å²) in [6.07, 6.45) is -5.91. The van der Waals surface area contributed by atoms with E-state index < -0.39 is 37.3 Å². The fourth-order valence-electron chi connectivity index (χ4n) is 1.26. The number of aliphatic hydroxyl groups is 4. The molecule has 0 bridgehead atoms. The van der Waals surface area contributed by atoms with Crippen LogP contribution in [0.25, 0.3) is 0 Å². The van der Waals surface area contributed by atoms with Gasteiger partial charge in [0.1, 0.15) is 24.4 Å². The number of ether oxygens (including phenoxy) is 2. The number of methoxy groups -OCH3 is 1. The minimum Gasteiger partial charge on any atom is -0.394 e. The fourth-order valence-corrected chi connectivity index (χ4v) is 1.26. The lowest BCUT2D eigenvalue weighted by Crippen LogP contribution is -2.58. The monoisotopic (exact) mass is 194 g/mol. The van der Waals surface area contributed by atoms with E-state index in [0.717, 1.165) is 0 Å². The summed E-state index contributed by atoms with van der Waals surface area (Å²) in [6, 6.07) is 0. The first kappa shape index (κ1) is 10.8. The minimum absolute atomic E-state index is 0.440. The predicted octanol–water partition coefficient (Wildman–Crippen LogP) is -2.57. The van der Waals surface area contributed by atoms with Crippen LogP contribution in [0, 0.1) is 0 Å². The Balaban J connectivity index is 2.66. The molecule has 1 heterocycles. The summed E-state index contributed by atoms with van der Waals surface area (Å²) in [4.78, 5) is 0. The predicted molar refractivity (Wildman–Crippen MR) is 40.8 cm³/mol. The van der Waals surface area contributed by atoms with Crippen molar-refractivity contribution in [1.82, 2.24) is 0 Å². The van der Waals surface area contributed by atoms with Crippen molar-refractivity contribution in [3.8, 4) is 0 Å². The normalized spacial score (nSPS) is 46.4. The van der Waals surface area contributed by atoms with E-state index in [1.165, 1.54) is 7.11 Å². The molecular weight excluding hydrogens is 180 g/mol. The molecule has 0 saturated carbocycles. The zero-order valence-electron chi connectivity index (χ0n) is 7.20. The molecule has 1 rings (SSSR count). The molecule has 4 N–H and O–H groups in total. The van der Waals surface area contributed by atoms with Crippen molar-refractivity contribution in [3.05, 3.63) is 0 Å². The van der Waals surface area contributed by atoms with Gasteiger partial charge in [0.05, 0.1) is 6.61 Å². The molecule has 0 radical (unpaired) electrons. The Labute approximate surface area is 75.3 Å². The van der Waals surface area contributed by atoms with Gasteiger partial charge in [-0.15, -0.1) is 0 Å². The van der Waals surface area contributed by atoms with Crippen LogP contribution in [0.5, 0.6) is 0 Å². The Morgan fingerprint density at radius 1 is 1.15 bits per heavy atom. The van der Waals surface area contributed by atoms with Gasteiger partial charge in [-0.25, -0.2) is 0 Å². The van der Waals surface area contributed by atoms with Gasteiger partial charge in [-0.05, 0) is 0 Å². The third-order valence-electron chi connectivity index (χ3n) is 2.08. The molecule has 0 aromatic heterocycles. The minimum atomic E-state index is -1.36. The number of aliphatic hydroxyl groups excluding tert-OH is 4. The van der Waals surface area contributed by atoms with Crippen molar-refractivity contribution in [3.63, 3.8) is 0 Å². The Kier molecular flexibility index (Phi) is 3.60. The molecule has 1 aliphatic heterocycles. The molecule has 78 valence electrons. The maximum absolute atomic E-state index is 9.28. The zero-order valence-corrected chi connectivity index (χ0v) is 7.20. The molecule has 1 saturated heterocycles. The second-order valence-electron chi connectivity index (χ2n) is 2.93. The van der Waals surface area contributed by atoms with Gasteiger partial charge in [-0.1, -0.05) is 0 Å². The van der Waals surface area contributed by atoms with E-state index in [1.54, 1.807) is 0 Å². The highest BCUT2D eigenvalue weighted by atomic mass is 16.7. The quantitative estimate of drug-likeness (QED) is 0.386. The standard InChI is InChI=1S/C7H14O6/c1-12-7-6(11)5(10)4(9)3(2-8)13-7/h3-11H,2H2,1H3/t3?,4-,5+,6-,7+/m1/s1. The third kappa shape index (κ3) is 1.98. The zero-order chi connectivity index (χ0) is 10.0. The van der Waals surface area contributed by atoms with Crippen LogP contribution >= 0.6 is 0 Å². The smallest absolute Gasteiger partial charge is 0.186 e. The molecule has 0 amide bonds. The molecule has 0 aromatic rings. The molecule has 6 nitrogen and oxygen atoms in total. The van der Waals surface area contributed by atoms with Gasteiger partial charge in [0, 0.05) is 7.11 Å².